The average Bonchev–Trinajstić information content (AvgIpc) is 3.09. The van der Waals surface area contributed by atoms with Crippen LogP contribution in [0.25, 0.3) is 0 Å². The number of halogens is 1. The summed E-state index contributed by atoms with van der Waals surface area (Å²) in [6.07, 6.45) is 0. The topological polar surface area (TPSA) is 119 Å². The van der Waals surface area contributed by atoms with Gasteiger partial charge in [-0.2, -0.15) is 5.10 Å². The molecule has 1 aromatic carbocycles. The highest BCUT2D eigenvalue weighted by Crippen LogP contribution is 2.24. The predicted octanol–water partition coefficient (Wildman–Crippen LogP) is 3.15. The van der Waals surface area contributed by atoms with Crippen LogP contribution in [-0.4, -0.2) is 29.3 Å². The molecule has 3 rings (SSSR count). The molecule has 0 saturated heterocycles. The minimum Gasteiger partial charge on any atom is -0.337 e. The molecule has 0 bridgehead atoms. The van der Waals surface area contributed by atoms with Crippen molar-refractivity contribution in [2.75, 3.05) is 10.0 Å². The molecule has 0 fully saturated rings. The third kappa shape index (κ3) is 3.80. The highest BCUT2D eigenvalue weighted by molar-refractivity contribution is 9.10. The van der Waals surface area contributed by atoms with Gasteiger partial charge in [-0.3, -0.25) is 9.48 Å². The molecule has 0 unspecified atom stereocenters. The molecule has 0 aliphatic rings. The van der Waals surface area contributed by atoms with Gasteiger partial charge in [0.15, 0.2) is 5.69 Å². The summed E-state index contributed by atoms with van der Waals surface area (Å²) in [7, 11) is -2.11. The van der Waals surface area contributed by atoms with Gasteiger partial charge in [-0.25, -0.2) is 13.1 Å². The highest BCUT2D eigenvalue weighted by Gasteiger charge is 2.20. The van der Waals surface area contributed by atoms with E-state index < -0.39 is 15.9 Å². The number of nitrogens with zero attached hydrogens (tertiary/aromatic N) is 3. The quantitative estimate of drug-likeness (QED) is 0.594. The van der Waals surface area contributed by atoms with Crippen molar-refractivity contribution in [2.45, 2.75) is 25.7 Å². The number of nitrogens with one attached hydrogen (secondary N) is 2. The van der Waals surface area contributed by atoms with Crippen molar-refractivity contribution in [3.63, 3.8) is 0 Å². The number of amides is 1. The number of benzene rings is 1. The van der Waals surface area contributed by atoms with E-state index in [0.29, 0.717) is 21.4 Å². The van der Waals surface area contributed by atoms with Gasteiger partial charge in [0.05, 0.1) is 20.8 Å². The maximum absolute atomic E-state index is 12.5. The molecule has 2 heterocycles. The van der Waals surface area contributed by atoms with Crippen molar-refractivity contribution < 1.29 is 17.7 Å². The number of rotatable bonds is 5. The van der Waals surface area contributed by atoms with Crippen LogP contribution in [0, 0.1) is 20.8 Å². The third-order valence-electron chi connectivity index (χ3n) is 4.28. The summed E-state index contributed by atoms with van der Waals surface area (Å²) in [5, 5.41) is 10.6. The zero-order valence-electron chi connectivity index (χ0n) is 15.6. The van der Waals surface area contributed by atoms with Crippen molar-refractivity contribution in [3.8, 4) is 0 Å². The molecular weight excluding hydrogens is 450 g/mol. The summed E-state index contributed by atoms with van der Waals surface area (Å²) in [4.78, 5) is 12.4. The van der Waals surface area contributed by atoms with Crippen LogP contribution in [0.1, 0.15) is 27.4 Å². The summed E-state index contributed by atoms with van der Waals surface area (Å²) in [5.74, 6) is -0.331. The van der Waals surface area contributed by atoms with Crippen molar-refractivity contribution >= 4 is 43.4 Å². The van der Waals surface area contributed by atoms with Crippen molar-refractivity contribution in [2.24, 2.45) is 7.05 Å². The molecular formula is C17H18BrN5O4S. The van der Waals surface area contributed by atoms with Gasteiger partial charge in [-0.05, 0) is 61.0 Å². The van der Waals surface area contributed by atoms with E-state index in [-0.39, 0.29) is 16.5 Å². The van der Waals surface area contributed by atoms with E-state index in [1.54, 1.807) is 25.6 Å². The summed E-state index contributed by atoms with van der Waals surface area (Å²) in [6, 6.07) is 5.76. The molecule has 2 N–H and O–H groups in total. The summed E-state index contributed by atoms with van der Waals surface area (Å²) < 4.78 is 34.5. The number of hydrogen-bond donors (Lipinski definition) is 2. The first kappa shape index (κ1) is 20.1. The largest absolute Gasteiger partial charge is 0.337 e. The van der Waals surface area contributed by atoms with Gasteiger partial charge < -0.3 is 9.84 Å². The molecule has 0 radical (unpaired) electrons. The SMILES string of the molecule is Cc1noc(NS(=O)(=O)c2ccc(NC(=O)c3nn(C)c(C)c3Br)cc2)c1C. The smallest absolute Gasteiger partial charge is 0.277 e. The molecule has 0 saturated carbocycles. The second-order valence-corrected chi connectivity index (χ2v) is 8.65. The van der Waals surface area contributed by atoms with Crippen LogP contribution >= 0.6 is 15.9 Å². The fourth-order valence-electron chi connectivity index (χ4n) is 2.33. The zero-order valence-corrected chi connectivity index (χ0v) is 18.0. The number of anilines is 2. The predicted molar refractivity (Wildman–Crippen MR) is 107 cm³/mol. The molecule has 0 atom stereocenters. The lowest BCUT2D eigenvalue weighted by Gasteiger charge is -2.08. The van der Waals surface area contributed by atoms with Gasteiger partial charge in [0.2, 0.25) is 5.88 Å². The molecule has 148 valence electrons. The van der Waals surface area contributed by atoms with Crippen LogP contribution in [0.4, 0.5) is 11.6 Å². The second-order valence-electron chi connectivity index (χ2n) is 6.18. The minimum absolute atomic E-state index is 0.0220. The molecule has 9 nitrogen and oxygen atoms in total. The summed E-state index contributed by atoms with van der Waals surface area (Å²) >= 11 is 3.35. The Kier molecular flexibility index (Phi) is 5.31. The van der Waals surface area contributed by atoms with Crippen LogP contribution < -0.4 is 10.0 Å². The van der Waals surface area contributed by atoms with Gasteiger partial charge in [-0.1, -0.05) is 5.16 Å². The summed E-state index contributed by atoms with van der Waals surface area (Å²) in [6.45, 7) is 5.26. The first-order chi connectivity index (χ1) is 13.1. The van der Waals surface area contributed by atoms with E-state index in [9.17, 15) is 13.2 Å². The second kappa shape index (κ2) is 7.40. The molecule has 1 amide bonds. The molecule has 3 aromatic rings. The van der Waals surface area contributed by atoms with Gasteiger partial charge in [0, 0.05) is 18.3 Å². The monoisotopic (exact) mass is 467 g/mol. The Morgan fingerprint density at radius 3 is 2.32 bits per heavy atom. The molecule has 11 heteroatoms. The number of carbonyl (C=O) groups excluding carboxylic acids is 1. The Morgan fingerprint density at radius 1 is 1.18 bits per heavy atom. The molecule has 0 aliphatic heterocycles. The molecule has 2 aromatic heterocycles. The standard InChI is InChI=1S/C17H18BrN5O4S/c1-9-10(2)21-27-17(9)22-28(25,26)13-7-5-12(6-8-13)19-16(24)15-14(18)11(3)23(4)20-15/h5-8,22H,1-4H3,(H,19,24). The number of carbonyl (C=O) groups is 1. The van der Waals surface area contributed by atoms with Gasteiger partial charge in [0.25, 0.3) is 15.9 Å². The minimum atomic E-state index is -3.85. The van der Waals surface area contributed by atoms with E-state index in [1.165, 1.54) is 24.3 Å². The number of aryl methyl sites for hydroxylation is 2. The van der Waals surface area contributed by atoms with E-state index in [0.717, 1.165) is 5.69 Å². The lowest BCUT2D eigenvalue weighted by Crippen LogP contribution is -2.15. The highest BCUT2D eigenvalue weighted by atomic mass is 79.9. The lowest BCUT2D eigenvalue weighted by molar-refractivity contribution is 0.102. The fourth-order valence-corrected chi connectivity index (χ4v) is 3.89. The Labute approximate surface area is 170 Å². The molecule has 0 spiro atoms. The van der Waals surface area contributed by atoms with E-state index >= 15 is 0 Å². The van der Waals surface area contributed by atoms with Crippen LogP contribution in [0.3, 0.4) is 0 Å². The fraction of sp³-hybridized carbons (Fsp3) is 0.235. The maximum atomic E-state index is 12.5. The van der Waals surface area contributed by atoms with Gasteiger partial charge in [-0.15, -0.1) is 0 Å². The number of sulfonamides is 1. The molecule has 0 aliphatic carbocycles. The van der Waals surface area contributed by atoms with Crippen molar-refractivity contribution in [1.29, 1.82) is 0 Å². The van der Waals surface area contributed by atoms with E-state index in [4.69, 9.17) is 4.52 Å². The van der Waals surface area contributed by atoms with Crippen LogP contribution in [-0.2, 0) is 17.1 Å². The van der Waals surface area contributed by atoms with Crippen molar-refractivity contribution in [3.05, 3.63) is 51.4 Å². The van der Waals surface area contributed by atoms with E-state index in [2.05, 4.69) is 36.2 Å². The normalized spacial score (nSPS) is 11.5. The Balaban J connectivity index is 1.76. The first-order valence-corrected chi connectivity index (χ1v) is 10.4. The van der Waals surface area contributed by atoms with Crippen LogP contribution in [0.15, 0.2) is 38.2 Å². The lowest BCUT2D eigenvalue weighted by atomic mass is 10.3. The zero-order chi connectivity index (χ0) is 20.6. The Bertz CT molecular complexity index is 1150. The molecule has 28 heavy (non-hydrogen) atoms. The summed E-state index contributed by atoms with van der Waals surface area (Å²) in [5.41, 5.74) is 2.71. The van der Waals surface area contributed by atoms with Crippen LogP contribution in [0.2, 0.25) is 0 Å². The van der Waals surface area contributed by atoms with E-state index in [1.807, 2.05) is 6.92 Å². The maximum Gasteiger partial charge on any atom is 0.277 e. The van der Waals surface area contributed by atoms with Crippen molar-refractivity contribution in [1.82, 2.24) is 14.9 Å². The Morgan fingerprint density at radius 2 is 1.82 bits per heavy atom. The van der Waals surface area contributed by atoms with Gasteiger partial charge in [0.1, 0.15) is 0 Å². The number of hydrogen-bond acceptors (Lipinski definition) is 6. The third-order valence-corrected chi connectivity index (χ3v) is 6.58. The first-order valence-electron chi connectivity index (χ1n) is 8.16. The van der Waals surface area contributed by atoms with Gasteiger partial charge >= 0.3 is 0 Å². The Hall–Kier alpha value is -2.66. The average molecular weight is 468 g/mol. The van der Waals surface area contributed by atoms with Crippen LogP contribution in [0.5, 0.6) is 0 Å². The number of aromatic nitrogens is 3.